The highest BCUT2D eigenvalue weighted by molar-refractivity contribution is 7.89. The third-order valence-electron chi connectivity index (χ3n) is 4.40. The van der Waals surface area contributed by atoms with Gasteiger partial charge in [-0.25, -0.2) is 8.42 Å². The predicted molar refractivity (Wildman–Crippen MR) is 96.4 cm³/mol. The fraction of sp³-hybridized carbons (Fsp3) is 0.368. The van der Waals surface area contributed by atoms with Crippen LogP contribution < -0.4 is 0 Å². The van der Waals surface area contributed by atoms with Crippen LogP contribution in [-0.4, -0.2) is 43.8 Å². The zero-order chi connectivity index (χ0) is 17.2. The first-order valence-corrected chi connectivity index (χ1v) is 9.74. The number of aryl methyl sites for hydroxylation is 2. The number of rotatable bonds is 4. The van der Waals surface area contributed by atoms with Gasteiger partial charge in [0.1, 0.15) is 0 Å². The lowest BCUT2D eigenvalue weighted by atomic mass is 10.1. The van der Waals surface area contributed by atoms with Crippen LogP contribution in [0.25, 0.3) is 0 Å². The highest BCUT2D eigenvalue weighted by atomic mass is 32.2. The van der Waals surface area contributed by atoms with Crippen LogP contribution in [0.5, 0.6) is 0 Å². The fourth-order valence-corrected chi connectivity index (χ4v) is 4.73. The van der Waals surface area contributed by atoms with Crippen LogP contribution >= 0.6 is 0 Å². The molecule has 24 heavy (non-hydrogen) atoms. The van der Waals surface area contributed by atoms with E-state index >= 15 is 0 Å². The Balaban J connectivity index is 1.63. The maximum absolute atomic E-state index is 12.6. The van der Waals surface area contributed by atoms with E-state index in [2.05, 4.69) is 36.9 Å². The summed E-state index contributed by atoms with van der Waals surface area (Å²) in [4.78, 5) is 2.71. The molecule has 1 aliphatic rings. The van der Waals surface area contributed by atoms with Gasteiger partial charge < -0.3 is 0 Å². The molecule has 0 amide bonds. The first-order chi connectivity index (χ1) is 11.4. The summed E-state index contributed by atoms with van der Waals surface area (Å²) in [6.45, 7) is 7.71. The number of benzene rings is 2. The summed E-state index contributed by atoms with van der Waals surface area (Å²) in [5.41, 5.74) is 3.84. The van der Waals surface area contributed by atoms with Gasteiger partial charge in [-0.1, -0.05) is 47.5 Å². The lowest BCUT2D eigenvalue weighted by molar-refractivity contribution is 0.181. The monoisotopic (exact) mass is 344 g/mol. The van der Waals surface area contributed by atoms with Gasteiger partial charge in [0.2, 0.25) is 10.0 Å². The second kappa shape index (κ2) is 7.05. The summed E-state index contributed by atoms with van der Waals surface area (Å²) in [7, 11) is -3.37. The Labute approximate surface area is 144 Å². The zero-order valence-electron chi connectivity index (χ0n) is 14.3. The minimum atomic E-state index is -3.37. The molecule has 0 bridgehead atoms. The van der Waals surface area contributed by atoms with E-state index in [1.165, 1.54) is 16.7 Å². The molecular formula is C19H24N2O2S. The van der Waals surface area contributed by atoms with Crippen molar-refractivity contribution < 1.29 is 8.42 Å². The van der Waals surface area contributed by atoms with Crippen molar-refractivity contribution in [3.05, 3.63) is 65.2 Å². The van der Waals surface area contributed by atoms with Gasteiger partial charge in [0.15, 0.2) is 0 Å². The van der Waals surface area contributed by atoms with Crippen molar-refractivity contribution in [2.24, 2.45) is 0 Å². The van der Waals surface area contributed by atoms with Crippen LogP contribution in [0.3, 0.4) is 0 Å². The van der Waals surface area contributed by atoms with Crippen molar-refractivity contribution in [2.45, 2.75) is 25.3 Å². The van der Waals surface area contributed by atoms with Crippen LogP contribution in [0.1, 0.15) is 16.7 Å². The fourth-order valence-electron chi connectivity index (χ4n) is 3.29. The molecule has 0 saturated carbocycles. The Hall–Kier alpha value is -1.69. The zero-order valence-corrected chi connectivity index (χ0v) is 15.1. The Morgan fingerprint density at radius 2 is 1.46 bits per heavy atom. The molecule has 1 fully saturated rings. The summed E-state index contributed by atoms with van der Waals surface area (Å²) in [5, 5.41) is 0. The maximum Gasteiger partial charge on any atom is 0.243 e. The Bertz CT molecular complexity index is 775. The minimum absolute atomic E-state index is 0.382. The van der Waals surface area contributed by atoms with E-state index in [1.54, 1.807) is 28.6 Å². The molecule has 0 unspecified atom stereocenters. The average Bonchev–Trinajstić information content (AvgIpc) is 2.55. The molecule has 0 N–H and O–H groups in total. The third kappa shape index (κ3) is 3.86. The van der Waals surface area contributed by atoms with Gasteiger partial charge in [0, 0.05) is 32.7 Å². The molecule has 0 aromatic heterocycles. The normalized spacial score (nSPS) is 17.1. The number of sulfonamides is 1. The molecule has 4 nitrogen and oxygen atoms in total. The van der Waals surface area contributed by atoms with Crippen LogP contribution in [0, 0.1) is 13.8 Å². The van der Waals surface area contributed by atoms with Crippen molar-refractivity contribution >= 4 is 10.0 Å². The summed E-state index contributed by atoms with van der Waals surface area (Å²) < 4.78 is 26.9. The molecule has 1 saturated heterocycles. The lowest BCUT2D eigenvalue weighted by Gasteiger charge is -2.34. The van der Waals surface area contributed by atoms with Crippen LogP contribution in [0.2, 0.25) is 0 Å². The van der Waals surface area contributed by atoms with Gasteiger partial charge in [0.25, 0.3) is 0 Å². The molecule has 5 heteroatoms. The van der Waals surface area contributed by atoms with E-state index in [4.69, 9.17) is 0 Å². The van der Waals surface area contributed by atoms with Gasteiger partial charge >= 0.3 is 0 Å². The van der Waals surface area contributed by atoms with Crippen LogP contribution in [-0.2, 0) is 16.6 Å². The van der Waals surface area contributed by atoms with E-state index in [9.17, 15) is 8.42 Å². The predicted octanol–water partition coefficient (Wildman–Crippen LogP) is 2.81. The molecule has 0 aliphatic carbocycles. The van der Waals surface area contributed by atoms with Gasteiger partial charge in [0.05, 0.1) is 4.90 Å². The molecule has 0 radical (unpaired) electrons. The number of nitrogens with zero attached hydrogens (tertiary/aromatic N) is 2. The molecule has 128 valence electrons. The summed E-state index contributed by atoms with van der Waals surface area (Å²) in [5.74, 6) is 0. The second-order valence-corrected chi connectivity index (χ2v) is 8.43. The largest absolute Gasteiger partial charge is 0.296 e. The van der Waals surface area contributed by atoms with E-state index in [0.29, 0.717) is 18.0 Å². The van der Waals surface area contributed by atoms with Crippen LogP contribution in [0.15, 0.2) is 53.4 Å². The molecule has 0 spiro atoms. The topological polar surface area (TPSA) is 40.6 Å². The average molecular weight is 344 g/mol. The van der Waals surface area contributed by atoms with Gasteiger partial charge in [-0.15, -0.1) is 0 Å². The second-order valence-electron chi connectivity index (χ2n) is 6.49. The molecular weight excluding hydrogens is 320 g/mol. The maximum atomic E-state index is 12.6. The van der Waals surface area contributed by atoms with Gasteiger partial charge in [-0.05, 0) is 31.5 Å². The molecule has 2 aromatic rings. The Morgan fingerprint density at radius 3 is 2.04 bits per heavy atom. The number of hydrogen-bond donors (Lipinski definition) is 0. The van der Waals surface area contributed by atoms with Gasteiger partial charge in [-0.3, -0.25) is 4.90 Å². The van der Waals surface area contributed by atoms with Crippen molar-refractivity contribution in [3.63, 3.8) is 0 Å². The van der Waals surface area contributed by atoms with Crippen molar-refractivity contribution in [3.8, 4) is 0 Å². The first kappa shape index (κ1) is 17.1. The van der Waals surface area contributed by atoms with Crippen molar-refractivity contribution in [1.29, 1.82) is 0 Å². The molecule has 1 aliphatic heterocycles. The standard InChI is InChI=1S/C19H24N2O2S/c1-16-12-17(2)14-18(13-16)15-20-8-10-21(11-9-20)24(22,23)19-6-4-3-5-7-19/h3-7,12-14H,8-11,15H2,1-2H3. The Morgan fingerprint density at radius 1 is 0.875 bits per heavy atom. The minimum Gasteiger partial charge on any atom is -0.296 e. The molecule has 3 rings (SSSR count). The van der Waals surface area contributed by atoms with Gasteiger partial charge in [-0.2, -0.15) is 4.31 Å². The molecule has 1 heterocycles. The van der Waals surface area contributed by atoms with E-state index in [-0.39, 0.29) is 0 Å². The Kier molecular flexibility index (Phi) is 5.04. The number of piperazine rings is 1. The van der Waals surface area contributed by atoms with Crippen molar-refractivity contribution in [2.75, 3.05) is 26.2 Å². The lowest BCUT2D eigenvalue weighted by Crippen LogP contribution is -2.48. The third-order valence-corrected chi connectivity index (χ3v) is 6.31. The SMILES string of the molecule is Cc1cc(C)cc(CN2CCN(S(=O)(=O)c3ccccc3)CC2)c1. The quantitative estimate of drug-likeness (QED) is 0.856. The van der Waals surface area contributed by atoms with Crippen molar-refractivity contribution in [1.82, 2.24) is 9.21 Å². The molecule has 0 atom stereocenters. The van der Waals surface area contributed by atoms with E-state index in [1.807, 2.05) is 6.07 Å². The van der Waals surface area contributed by atoms with E-state index in [0.717, 1.165) is 19.6 Å². The summed E-state index contributed by atoms with van der Waals surface area (Å²) in [6, 6.07) is 15.3. The first-order valence-electron chi connectivity index (χ1n) is 8.30. The molecule has 2 aromatic carbocycles. The summed E-state index contributed by atoms with van der Waals surface area (Å²) in [6.07, 6.45) is 0. The van der Waals surface area contributed by atoms with Crippen LogP contribution in [0.4, 0.5) is 0 Å². The van der Waals surface area contributed by atoms with E-state index < -0.39 is 10.0 Å². The highest BCUT2D eigenvalue weighted by Crippen LogP contribution is 2.18. The smallest absolute Gasteiger partial charge is 0.243 e. The number of hydrogen-bond acceptors (Lipinski definition) is 3. The summed E-state index contributed by atoms with van der Waals surface area (Å²) >= 11 is 0. The highest BCUT2D eigenvalue weighted by Gasteiger charge is 2.28.